The fourth-order valence-corrected chi connectivity index (χ4v) is 3.02. The van der Waals surface area contributed by atoms with Crippen molar-refractivity contribution in [1.82, 2.24) is 16.0 Å². The Kier molecular flexibility index (Phi) is 6.30. The van der Waals surface area contributed by atoms with Gasteiger partial charge in [0, 0.05) is 32.1 Å². The highest BCUT2D eigenvalue weighted by atomic mass is 16.5. The second-order valence-corrected chi connectivity index (χ2v) is 6.41. The molecule has 1 amide bonds. The molecule has 0 saturated carbocycles. The molecule has 142 valence electrons. The number of hydrogen-bond donors (Lipinski definition) is 3. The number of nitrogens with one attached hydrogen (secondary N) is 3. The van der Waals surface area contributed by atoms with Crippen LogP contribution in [0, 0.1) is 0 Å². The normalized spacial score (nSPS) is 15.6. The molecule has 0 fully saturated rings. The van der Waals surface area contributed by atoms with Crippen LogP contribution in [0.5, 0.6) is 5.75 Å². The van der Waals surface area contributed by atoms with Crippen LogP contribution in [0.4, 0.5) is 0 Å². The third-order valence-corrected chi connectivity index (χ3v) is 4.45. The highest BCUT2D eigenvalue weighted by molar-refractivity contribution is 5.94. The first-order chi connectivity index (χ1) is 13.2. The summed E-state index contributed by atoms with van der Waals surface area (Å²) >= 11 is 0. The summed E-state index contributed by atoms with van der Waals surface area (Å²) in [5.41, 5.74) is 3.00. The number of aliphatic imine (C=N–C) groups is 1. The Balaban J connectivity index is 1.45. The Morgan fingerprint density at radius 1 is 1.11 bits per heavy atom. The van der Waals surface area contributed by atoms with Gasteiger partial charge >= 0.3 is 0 Å². The second kappa shape index (κ2) is 9.07. The lowest BCUT2D eigenvalue weighted by Crippen LogP contribution is -2.41. The maximum absolute atomic E-state index is 11.8. The molecule has 6 nitrogen and oxygen atoms in total. The van der Waals surface area contributed by atoms with Crippen molar-refractivity contribution in [2.45, 2.75) is 26.0 Å². The van der Waals surface area contributed by atoms with E-state index in [4.69, 9.17) is 4.74 Å². The van der Waals surface area contributed by atoms with Crippen molar-refractivity contribution in [3.63, 3.8) is 0 Å². The predicted octanol–water partition coefficient (Wildman–Crippen LogP) is 2.10. The smallest absolute Gasteiger partial charge is 0.251 e. The fraction of sp³-hybridized carbons (Fsp3) is 0.333. The minimum atomic E-state index is -0.0490. The van der Waals surface area contributed by atoms with E-state index < -0.39 is 0 Å². The average Bonchev–Trinajstić information content (AvgIpc) is 3.11. The molecule has 3 N–H and O–H groups in total. The molecule has 1 aliphatic heterocycles. The van der Waals surface area contributed by atoms with Crippen molar-refractivity contribution >= 4 is 11.9 Å². The van der Waals surface area contributed by atoms with Crippen LogP contribution in [0.25, 0.3) is 0 Å². The van der Waals surface area contributed by atoms with Crippen LogP contribution in [0.2, 0.25) is 0 Å². The topological polar surface area (TPSA) is 74.8 Å². The number of fused-ring (bicyclic) bond motifs is 1. The monoisotopic (exact) mass is 366 g/mol. The van der Waals surface area contributed by atoms with Crippen LogP contribution in [-0.2, 0) is 13.0 Å². The summed E-state index contributed by atoms with van der Waals surface area (Å²) in [6, 6.07) is 15.7. The fourth-order valence-electron chi connectivity index (χ4n) is 3.02. The summed E-state index contributed by atoms with van der Waals surface area (Å²) in [5.74, 6) is 1.65. The van der Waals surface area contributed by atoms with Crippen molar-refractivity contribution in [2.75, 3.05) is 20.1 Å². The van der Waals surface area contributed by atoms with Crippen LogP contribution in [-0.4, -0.2) is 38.1 Å². The van der Waals surface area contributed by atoms with Crippen molar-refractivity contribution < 1.29 is 9.53 Å². The number of para-hydroxylation sites is 1. The number of carbonyl (C=O) groups is 1. The van der Waals surface area contributed by atoms with Crippen molar-refractivity contribution in [3.8, 4) is 5.75 Å². The van der Waals surface area contributed by atoms with Crippen LogP contribution in [0.1, 0.15) is 28.4 Å². The number of hydrogen-bond acceptors (Lipinski definition) is 3. The van der Waals surface area contributed by atoms with E-state index >= 15 is 0 Å². The van der Waals surface area contributed by atoms with E-state index in [9.17, 15) is 4.79 Å². The molecule has 0 aliphatic carbocycles. The van der Waals surface area contributed by atoms with E-state index in [1.807, 2.05) is 49.4 Å². The second-order valence-electron chi connectivity index (χ2n) is 6.41. The molecule has 0 bridgehead atoms. The Bertz CT molecular complexity index is 777. The molecule has 0 spiro atoms. The van der Waals surface area contributed by atoms with Gasteiger partial charge in [0.05, 0.1) is 6.54 Å². The van der Waals surface area contributed by atoms with Crippen molar-refractivity contribution in [1.29, 1.82) is 0 Å². The molecule has 6 heteroatoms. The van der Waals surface area contributed by atoms with Gasteiger partial charge in [0.25, 0.3) is 5.91 Å². The molecule has 0 saturated heterocycles. The van der Waals surface area contributed by atoms with Gasteiger partial charge < -0.3 is 20.7 Å². The van der Waals surface area contributed by atoms with Gasteiger partial charge in [0.1, 0.15) is 11.9 Å². The summed E-state index contributed by atoms with van der Waals surface area (Å²) in [6.07, 6.45) is 1.01. The molecule has 1 aliphatic rings. The van der Waals surface area contributed by atoms with E-state index in [-0.39, 0.29) is 12.0 Å². The standard InChI is InChI=1S/C21H26N4O2/c1-3-23-20(26)16-10-8-15(9-11-16)13-24-21(22-2)25-14-18-12-17-6-4-5-7-19(17)27-18/h4-11,18H,3,12-14H2,1-2H3,(H,23,26)(H2,22,24,25). The third-order valence-electron chi connectivity index (χ3n) is 4.45. The molecule has 1 unspecified atom stereocenters. The highest BCUT2D eigenvalue weighted by Gasteiger charge is 2.22. The van der Waals surface area contributed by atoms with Gasteiger partial charge in [-0.1, -0.05) is 30.3 Å². The molecule has 1 heterocycles. The first-order valence-electron chi connectivity index (χ1n) is 9.25. The van der Waals surface area contributed by atoms with E-state index in [2.05, 4.69) is 27.0 Å². The van der Waals surface area contributed by atoms with Gasteiger partial charge in [-0.2, -0.15) is 0 Å². The molecule has 0 aromatic heterocycles. The molecule has 1 atom stereocenters. The van der Waals surface area contributed by atoms with Crippen LogP contribution < -0.4 is 20.7 Å². The van der Waals surface area contributed by atoms with Gasteiger partial charge in [-0.05, 0) is 36.2 Å². The lowest BCUT2D eigenvalue weighted by Gasteiger charge is -2.15. The average molecular weight is 366 g/mol. The van der Waals surface area contributed by atoms with Crippen LogP contribution >= 0.6 is 0 Å². The number of amides is 1. The predicted molar refractivity (Wildman–Crippen MR) is 107 cm³/mol. The zero-order valence-corrected chi connectivity index (χ0v) is 15.8. The van der Waals surface area contributed by atoms with Crippen LogP contribution in [0.3, 0.4) is 0 Å². The van der Waals surface area contributed by atoms with Crippen molar-refractivity contribution in [3.05, 3.63) is 65.2 Å². The SMILES string of the molecule is CCNC(=O)c1ccc(CNC(=NC)NCC2Cc3ccccc3O2)cc1. The molecule has 3 rings (SSSR count). The lowest BCUT2D eigenvalue weighted by molar-refractivity contribution is 0.0956. The molecular formula is C21H26N4O2. The minimum absolute atomic E-state index is 0.0490. The first-order valence-corrected chi connectivity index (χ1v) is 9.25. The maximum atomic E-state index is 11.8. The quantitative estimate of drug-likeness (QED) is 0.541. The first kappa shape index (κ1) is 18.8. The van der Waals surface area contributed by atoms with E-state index in [0.717, 1.165) is 23.7 Å². The molecular weight excluding hydrogens is 340 g/mol. The Morgan fingerprint density at radius 2 is 1.89 bits per heavy atom. The highest BCUT2D eigenvalue weighted by Crippen LogP contribution is 2.27. The minimum Gasteiger partial charge on any atom is -0.488 e. The summed E-state index contributed by atoms with van der Waals surface area (Å²) < 4.78 is 5.94. The van der Waals surface area contributed by atoms with Crippen molar-refractivity contribution in [2.24, 2.45) is 4.99 Å². The summed E-state index contributed by atoms with van der Waals surface area (Å²) in [6.45, 7) is 3.84. The summed E-state index contributed by atoms with van der Waals surface area (Å²) in [7, 11) is 1.75. The van der Waals surface area contributed by atoms with Crippen LogP contribution in [0.15, 0.2) is 53.5 Å². The number of nitrogens with zero attached hydrogens (tertiary/aromatic N) is 1. The maximum Gasteiger partial charge on any atom is 0.251 e. The third kappa shape index (κ3) is 5.00. The molecule has 0 radical (unpaired) electrons. The van der Waals surface area contributed by atoms with E-state index in [1.165, 1.54) is 5.56 Å². The molecule has 2 aromatic carbocycles. The zero-order valence-electron chi connectivity index (χ0n) is 15.8. The van der Waals surface area contributed by atoms with Gasteiger partial charge in [-0.25, -0.2) is 0 Å². The van der Waals surface area contributed by atoms with Gasteiger partial charge in [0.15, 0.2) is 5.96 Å². The van der Waals surface area contributed by atoms with Gasteiger partial charge in [0.2, 0.25) is 0 Å². The van der Waals surface area contributed by atoms with Gasteiger partial charge in [-0.15, -0.1) is 0 Å². The zero-order chi connectivity index (χ0) is 19.1. The number of guanidine groups is 1. The lowest BCUT2D eigenvalue weighted by atomic mass is 10.1. The van der Waals surface area contributed by atoms with Gasteiger partial charge in [-0.3, -0.25) is 9.79 Å². The number of ether oxygens (including phenoxy) is 1. The van der Waals surface area contributed by atoms with E-state index in [0.29, 0.717) is 25.2 Å². The summed E-state index contributed by atoms with van der Waals surface area (Å²) in [5, 5.41) is 9.40. The number of carbonyl (C=O) groups excluding carboxylic acids is 1. The largest absolute Gasteiger partial charge is 0.488 e. The Hall–Kier alpha value is -3.02. The molecule has 2 aromatic rings. The van der Waals surface area contributed by atoms with E-state index in [1.54, 1.807) is 7.05 Å². The Morgan fingerprint density at radius 3 is 2.59 bits per heavy atom. The summed E-state index contributed by atoms with van der Waals surface area (Å²) in [4.78, 5) is 16.1. The molecule has 27 heavy (non-hydrogen) atoms. The number of benzene rings is 2. The number of rotatable bonds is 6. The Labute approximate surface area is 160 Å².